The van der Waals surface area contributed by atoms with E-state index in [2.05, 4.69) is 23.7 Å². The second kappa shape index (κ2) is 7.02. The van der Waals surface area contributed by atoms with E-state index in [1.807, 2.05) is 6.08 Å². The van der Waals surface area contributed by atoms with E-state index in [0.717, 1.165) is 25.6 Å². The molecule has 1 rings (SSSR count). The first-order valence-electron chi connectivity index (χ1n) is 5.94. The number of piperidine rings is 1. The van der Waals surface area contributed by atoms with Crippen LogP contribution >= 0.6 is 0 Å². The Morgan fingerprint density at radius 2 is 2.36 bits per heavy atom. The highest BCUT2D eigenvalue weighted by atomic mass is 15.2. The van der Waals surface area contributed by atoms with Crippen LogP contribution in [0.25, 0.3) is 0 Å². The van der Waals surface area contributed by atoms with Crippen LogP contribution in [-0.2, 0) is 0 Å². The van der Waals surface area contributed by atoms with Gasteiger partial charge in [0.2, 0.25) is 0 Å². The summed E-state index contributed by atoms with van der Waals surface area (Å²) in [6.45, 7) is 10.7. The van der Waals surface area contributed by atoms with E-state index < -0.39 is 0 Å². The number of hydrogen-bond acceptors (Lipinski definition) is 2. The lowest BCUT2D eigenvalue weighted by molar-refractivity contribution is 0.148. The molecule has 2 nitrogen and oxygen atoms in total. The van der Waals surface area contributed by atoms with Crippen molar-refractivity contribution in [2.45, 2.75) is 38.6 Å². The molecular formula is C12H24N2. The van der Waals surface area contributed by atoms with E-state index in [1.54, 1.807) is 0 Å². The summed E-state index contributed by atoms with van der Waals surface area (Å²) >= 11 is 0. The van der Waals surface area contributed by atoms with Crippen molar-refractivity contribution in [3.63, 3.8) is 0 Å². The lowest BCUT2D eigenvalue weighted by atomic mass is 10.0. The third kappa shape index (κ3) is 3.81. The summed E-state index contributed by atoms with van der Waals surface area (Å²) in [4.78, 5) is 2.62. The van der Waals surface area contributed by atoms with Gasteiger partial charge < -0.3 is 5.32 Å². The smallest absolute Gasteiger partial charge is 0.0220 e. The van der Waals surface area contributed by atoms with Crippen molar-refractivity contribution in [2.75, 3.05) is 26.2 Å². The molecule has 0 bridgehead atoms. The first-order chi connectivity index (χ1) is 6.88. The predicted molar refractivity (Wildman–Crippen MR) is 62.6 cm³/mol. The van der Waals surface area contributed by atoms with Gasteiger partial charge >= 0.3 is 0 Å². The van der Waals surface area contributed by atoms with Gasteiger partial charge in [-0.15, -0.1) is 6.58 Å². The molecule has 1 N–H and O–H groups in total. The summed E-state index contributed by atoms with van der Waals surface area (Å²) in [7, 11) is 0. The van der Waals surface area contributed by atoms with Crippen molar-refractivity contribution in [3.8, 4) is 0 Å². The van der Waals surface area contributed by atoms with Gasteiger partial charge in [-0.3, -0.25) is 4.90 Å². The maximum atomic E-state index is 3.79. The predicted octanol–water partition coefficient (Wildman–Crippen LogP) is 2.03. The van der Waals surface area contributed by atoms with Crippen molar-refractivity contribution < 1.29 is 0 Å². The molecule has 0 aliphatic carbocycles. The summed E-state index contributed by atoms with van der Waals surface area (Å²) in [5, 5.41) is 3.46. The molecular weight excluding hydrogens is 172 g/mol. The molecule has 0 aromatic carbocycles. The van der Waals surface area contributed by atoms with Gasteiger partial charge in [0, 0.05) is 19.1 Å². The standard InChI is InChI=1S/C12H24N2/c1-3-5-9-14-10-7-6-8-12(14)11-13-4-2/h3,12-13H,1,4-11H2,2H3. The minimum Gasteiger partial charge on any atom is -0.315 e. The Bertz CT molecular complexity index is 156. The van der Waals surface area contributed by atoms with Crippen LogP contribution in [-0.4, -0.2) is 37.1 Å². The van der Waals surface area contributed by atoms with Crippen LogP contribution in [0.15, 0.2) is 12.7 Å². The molecule has 0 spiro atoms. The molecule has 2 heteroatoms. The van der Waals surface area contributed by atoms with Crippen LogP contribution in [0, 0.1) is 0 Å². The fraction of sp³-hybridized carbons (Fsp3) is 0.833. The molecule has 1 saturated heterocycles. The number of likely N-dealkylation sites (tertiary alicyclic amines) is 1. The molecule has 1 fully saturated rings. The van der Waals surface area contributed by atoms with Gasteiger partial charge in [-0.05, 0) is 32.4 Å². The minimum absolute atomic E-state index is 0.767. The molecule has 0 aromatic heterocycles. The van der Waals surface area contributed by atoms with Crippen LogP contribution in [0.4, 0.5) is 0 Å². The Labute approximate surface area is 88.4 Å². The average Bonchev–Trinajstić information content (AvgIpc) is 2.24. The second-order valence-electron chi connectivity index (χ2n) is 4.07. The topological polar surface area (TPSA) is 15.3 Å². The summed E-state index contributed by atoms with van der Waals surface area (Å²) in [6.07, 6.45) is 7.30. The summed E-state index contributed by atoms with van der Waals surface area (Å²) in [5.74, 6) is 0. The van der Waals surface area contributed by atoms with Crippen LogP contribution in [0.1, 0.15) is 32.6 Å². The van der Waals surface area contributed by atoms with Crippen molar-refractivity contribution >= 4 is 0 Å². The zero-order chi connectivity index (χ0) is 10.2. The number of rotatable bonds is 6. The normalized spacial score (nSPS) is 23.6. The number of nitrogens with zero attached hydrogens (tertiary/aromatic N) is 1. The Balaban J connectivity index is 2.29. The summed E-state index contributed by atoms with van der Waals surface area (Å²) in [6, 6.07) is 0.767. The quantitative estimate of drug-likeness (QED) is 0.654. The molecule has 1 aliphatic heterocycles. The minimum atomic E-state index is 0.767. The van der Waals surface area contributed by atoms with Crippen molar-refractivity contribution in [2.24, 2.45) is 0 Å². The first-order valence-corrected chi connectivity index (χ1v) is 5.94. The highest BCUT2D eigenvalue weighted by Gasteiger charge is 2.20. The van der Waals surface area contributed by atoms with Gasteiger partial charge in [-0.1, -0.05) is 19.4 Å². The van der Waals surface area contributed by atoms with E-state index in [1.165, 1.54) is 32.4 Å². The zero-order valence-corrected chi connectivity index (χ0v) is 9.47. The lowest BCUT2D eigenvalue weighted by Crippen LogP contribution is -2.45. The third-order valence-electron chi connectivity index (χ3n) is 3.00. The SMILES string of the molecule is C=CCCN1CCCCC1CNCC. The molecule has 0 amide bonds. The van der Waals surface area contributed by atoms with Crippen molar-refractivity contribution in [3.05, 3.63) is 12.7 Å². The van der Waals surface area contributed by atoms with Gasteiger partial charge in [-0.2, -0.15) is 0 Å². The largest absolute Gasteiger partial charge is 0.315 e. The van der Waals surface area contributed by atoms with Gasteiger partial charge in [0.15, 0.2) is 0 Å². The van der Waals surface area contributed by atoms with E-state index in [0.29, 0.717) is 0 Å². The number of nitrogens with one attached hydrogen (secondary N) is 1. The third-order valence-corrected chi connectivity index (χ3v) is 3.00. The van der Waals surface area contributed by atoms with Crippen LogP contribution in [0.2, 0.25) is 0 Å². The number of hydrogen-bond donors (Lipinski definition) is 1. The van der Waals surface area contributed by atoms with Crippen molar-refractivity contribution in [1.82, 2.24) is 10.2 Å². The Morgan fingerprint density at radius 1 is 1.50 bits per heavy atom. The van der Waals surface area contributed by atoms with Crippen LogP contribution < -0.4 is 5.32 Å². The molecule has 1 unspecified atom stereocenters. The molecule has 0 radical (unpaired) electrons. The number of likely N-dealkylation sites (N-methyl/N-ethyl adjacent to an activating group) is 1. The van der Waals surface area contributed by atoms with Crippen LogP contribution in [0.3, 0.4) is 0 Å². The first kappa shape index (κ1) is 11.7. The fourth-order valence-corrected chi connectivity index (χ4v) is 2.15. The molecule has 82 valence electrons. The van der Waals surface area contributed by atoms with Gasteiger partial charge in [0.05, 0.1) is 0 Å². The highest BCUT2D eigenvalue weighted by Crippen LogP contribution is 2.16. The highest BCUT2D eigenvalue weighted by molar-refractivity contribution is 4.80. The second-order valence-corrected chi connectivity index (χ2v) is 4.07. The van der Waals surface area contributed by atoms with Gasteiger partial charge in [-0.25, -0.2) is 0 Å². The van der Waals surface area contributed by atoms with Crippen LogP contribution in [0.5, 0.6) is 0 Å². The van der Waals surface area contributed by atoms with E-state index >= 15 is 0 Å². The molecule has 1 heterocycles. The molecule has 14 heavy (non-hydrogen) atoms. The lowest BCUT2D eigenvalue weighted by Gasteiger charge is -2.35. The molecule has 1 atom stereocenters. The fourth-order valence-electron chi connectivity index (χ4n) is 2.15. The maximum absolute atomic E-state index is 3.79. The maximum Gasteiger partial charge on any atom is 0.0220 e. The Kier molecular flexibility index (Phi) is 5.88. The summed E-state index contributed by atoms with van der Waals surface area (Å²) < 4.78 is 0. The Morgan fingerprint density at radius 3 is 3.07 bits per heavy atom. The molecule has 0 saturated carbocycles. The van der Waals surface area contributed by atoms with Crippen molar-refractivity contribution in [1.29, 1.82) is 0 Å². The summed E-state index contributed by atoms with van der Waals surface area (Å²) in [5.41, 5.74) is 0. The Hall–Kier alpha value is -0.340. The van der Waals surface area contributed by atoms with Gasteiger partial charge in [0.25, 0.3) is 0 Å². The van der Waals surface area contributed by atoms with E-state index in [4.69, 9.17) is 0 Å². The molecule has 1 aliphatic rings. The van der Waals surface area contributed by atoms with Gasteiger partial charge in [0.1, 0.15) is 0 Å². The average molecular weight is 196 g/mol. The van der Waals surface area contributed by atoms with E-state index in [-0.39, 0.29) is 0 Å². The molecule has 0 aromatic rings. The van der Waals surface area contributed by atoms with E-state index in [9.17, 15) is 0 Å². The monoisotopic (exact) mass is 196 g/mol. The zero-order valence-electron chi connectivity index (χ0n) is 9.47.